The van der Waals surface area contributed by atoms with Crippen LogP contribution in [0.2, 0.25) is 0 Å². The number of halogens is 2. The molecule has 3 nitrogen and oxygen atoms in total. The number of anilines is 1. The van der Waals surface area contributed by atoms with Crippen molar-refractivity contribution < 1.29 is 18.7 Å². The van der Waals surface area contributed by atoms with E-state index in [0.717, 1.165) is 11.6 Å². The zero-order valence-corrected chi connectivity index (χ0v) is 9.86. The molecule has 0 atom stereocenters. The maximum Gasteiger partial charge on any atom is 0.337 e. The molecule has 0 radical (unpaired) electrons. The van der Waals surface area contributed by atoms with Gasteiger partial charge >= 0.3 is 5.97 Å². The third-order valence-corrected chi connectivity index (χ3v) is 2.61. The molecule has 0 aliphatic heterocycles. The fourth-order valence-corrected chi connectivity index (χ4v) is 1.65. The highest BCUT2D eigenvalue weighted by Gasteiger charge is 2.10. The molecule has 0 spiro atoms. The van der Waals surface area contributed by atoms with Gasteiger partial charge in [-0.05, 0) is 35.9 Å². The van der Waals surface area contributed by atoms with E-state index in [-0.39, 0.29) is 11.4 Å². The van der Waals surface area contributed by atoms with Crippen LogP contribution < -0.4 is 5.32 Å². The summed E-state index contributed by atoms with van der Waals surface area (Å²) in [4.78, 5) is 11.0. The van der Waals surface area contributed by atoms with Crippen LogP contribution in [0.5, 0.6) is 0 Å². The molecule has 5 heteroatoms. The van der Waals surface area contributed by atoms with Gasteiger partial charge in [0.05, 0.1) is 5.56 Å². The van der Waals surface area contributed by atoms with Crippen LogP contribution in [0.1, 0.15) is 15.9 Å². The van der Waals surface area contributed by atoms with Crippen molar-refractivity contribution in [3.05, 3.63) is 65.2 Å². The molecule has 98 valence electrons. The number of carboxylic acids is 1. The van der Waals surface area contributed by atoms with Crippen molar-refractivity contribution in [2.75, 3.05) is 5.32 Å². The summed E-state index contributed by atoms with van der Waals surface area (Å²) < 4.78 is 25.7. The third kappa shape index (κ3) is 3.28. The Morgan fingerprint density at radius 3 is 2.32 bits per heavy atom. The molecule has 0 unspecified atom stereocenters. The standard InChI is InChI=1S/C14H11F2NO2/c15-10-3-1-9(2-4-10)8-17-13-6-5-11(16)7-12(13)14(18)19/h1-7,17H,8H2,(H,18,19). The van der Waals surface area contributed by atoms with Crippen molar-refractivity contribution in [2.45, 2.75) is 6.54 Å². The van der Waals surface area contributed by atoms with Crippen molar-refractivity contribution in [2.24, 2.45) is 0 Å². The number of nitrogens with one attached hydrogen (secondary N) is 1. The quantitative estimate of drug-likeness (QED) is 0.890. The highest BCUT2D eigenvalue weighted by molar-refractivity contribution is 5.94. The Labute approximate surface area is 108 Å². The zero-order chi connectivity index (χ0) is 13.8. The van der Waals surface area contributed by atoms with Gasteiger partial charge in [0, 0.05) is 12.2 Å². The molecule has 0 aromatic heterocycles. The minimum atomic E-state index is -1.21. The monoisotopic (exact) mass is 263 g/mol. The van der Waals surface area contributed by atoms with Gasteiger partial charge in [-0.3, -0.25) is 0 Å². The molecule has 2 aromatic carbocycles. The predicted molar refractivity (Wildman–Crippen MR) is 67.1 cm³/mol. The van der Waals surface area contributed by atoms with Gasteiger partial charge in [-0.15, -0.1) is 0 Å². The number of carbonyl (C=O) groups is 1. The van der Waals surface area contributed by atoms with E-state index in [1.165, 1.54) is 24.3 Å². The molecule has 0 bridgehead atoms. The van der Waals surface area contributed by atoms with Gasteiger partial charge in [0.2, 0.25) is 0 Å². The summed E-state index contributed by atoms with van der Waals surface area (Å²) in [7, 11) is 0. The lowest BCUT2D eigenvalue weighted by Gasteiger charge is -2.09. The maximum atomic E-state index is 13.0. The number of hydrogen-bond acceptors (Lipinski definition) is 2. The van der Waals surface area contributed by atoms with E-state index in [9.17, 15) is 13.6 Å². The van der Waals surface area contributed by atoms with Gasteiger partial charge in [-0.2, -0.15) is 0 Å². The third-order valence-electron chi connectivity index (χ3n) is 2.61. The first-order valence-corrected chi connectivity index (χ1v) is 5.57. The molecule has 0 fully saturated rings. The Morgan fingerprint density at radius 2 is 1.68 bits per heavy atom. The Bertz CT molecular complexity index is 597. The van der Waals surface area contributed by atoms with Crippen LogP contribution in [-0.4, -0.2) is 11.1 Å². The van der Waals surface area contributed by atoms with Crippen LogP contribution in [-0.2, 0) is 6.54 Å². The second-order valence-corrected chi connectivity index (χ2v) is 3.98. The second kappa shape index (κ2) is 5.48. The fraction of sp³-hybridized carbons (Fsp3) is 0.0714. The SMILES string of the molecule is O=C(O)c1cc(F)ccc1NCc1ccc(F)cc1. The minimum Gasteiger partial charge on any atom is -0.478 e. The van der Waals surface area contributed by atoms with Gasteiger partial charge in [0.15, 0.2) is 0 Å². The Hall–Kier alpha value is -2.43. The van der Waals surface area contributed by atoms with Crippen LogP contribution in [0.15, 0.2) is 42.5 Å². The van der Waals surface area contributed by atoms with E-state index in [4.69, 9.17) is 5.11 Å². The summed E-state index contributed by atoms with van der Waals surface area (Å²) in [5, 5.41) is 11.9. The summed E-state index contributed by atoms with van der Waals surface area (Å²) in [5.74, 6) is -2.15. The lowest BCUT2D eigenvalue weighted by molar-refractivity contribution is 0.0697. The molecule has 2 aromatic rings. The first-order valence-electron chi connectivity index (χ1n) is 5.57. The van der Waals surface area contributed by atoms with Gasteiger partial charge < -0.3 is 10.4 Å². The van der Waals surface area contributed by atoms with Gasteiger partial charge in [-0.25, -0.2) is 13.6 Å². The average Bonchev–Trinajstić information content (AvgIpc) is 2.39. The number of aromatic carboxylic acids is 1. The molecule has 2 N–H and O–H groups in total. The fourth-order valence-electron chi connectivity index (χ4n) is 1.65. The van der Waals surface area contributed by atoms with Gasteiger partial charge in [0.25, 0.3) is 0 Å². The molecular weight excluding hydrogens is 252 g/mol. The summed E-state index contributed by atoms with van der Waals surface area (Å²) in [6, 6.07) is 9.31. The summed E-state index contributed by atoms with van der Waals surface area (Å²) in [5.41, 5.74) is 0.974. The maximum absolute atomic E-state index is 13.0. The van der Waals surface area contributed by atoms with Gasteiger partial charge in [-0.1, -0.05) is 12.1 Å². The van der Waals surface area contributed by atoms with E-state index in [1.807, 2.05) is 0 Å². The van der Waals surface area contributed by atoms with Crippen LogP contribution in [0.25, 0.3) is 0 Å². The predicted octanol–water partition coefficient (Wildman–Crippen LogP) is 3.28. The highest BCUT2D eigenvalue weighted by Crippen LogP contribution is 2.18. The molecule has 0 aliphatic rings. The largest absolute Gasteiger partial charge is 0.478 e. The minimum absolute atomic E-state index is 0.137. The number of hydrogen-bond donors (Lipinski definition) is 2. The number of benzene rings is 2. The Morgan fingerprint density at radius 1 is 1.05 bits per heavy atom. The number of rotatable bonds is 4. The smallest absolute Gasteiger partial charge is 0.337 e. The molecule has 0 amide bonds. The second-order valence-electron chi connectivity index (χ2n) is 3.98. The number of carboxylic acid groups (broad SMARTS) is 1. The summed E-state index contributed by atoms with van der Waals surface area (Å²) in [6.07, 6.45) is 0. The lowest BCUT2D eigenvalue weighted by Crippen LogP contribution is -2.06. The molecule has 0 saturated heterocycles. The van der Waals surface area contributed by atoms with E-state index >= 15 is 0 Å². The highest BCUT2D eigenvalue weighted by atomic mass is 19.1. The van der Waals surface area contributed by atoms with E-state index in [0.29, 0.717) is 12.2 Å². The normalized spacial score (nSPS) is 10.2. The Balaban J connectivity index is 2.15. The Kier molecular flexibility index (Phi) is 3.75. The lowest BCUT2D eigenvalue weighted by atomic mass is 10.1. The van der Waals surface area contributed by atoms with E-state index in [1.54, 1.807) is 12.1 Å². The van der Waals surface area contributed by atoms with Crippen LogP contribution in [0, 0.1) is 11.6 Å². The van der Waals surface area contributed by atoms with Crippen molar-refractivity contribution in [3.63, 3.8) is 0 Å². The topological polar surface area (TPSA) is 49.3 Å². The molecule has 19 heavy (non-hydrogen) atoms. The first-order chi connectivity index (χ1) is 9.06. The molecule has 0 heterocycles. The van der Waals surface area contributed by atoms with Crippen LogP contribution >= 0.6 is 0 Å². The summed E-state index contributed by atoms with van der Waals surface area (Å²) >= 11 is 0. The van der Waals surface area contributed by atoms with E-state index in [2.05, 4.69) is 5.32 Å². The van der Waals surface area contributed by atoms with Crippen LogP contribution in [0.4, 0.5) is 14.5 Å². The molecule has 2 rings (SSSR count). The van der Waals surface area contributed by atoms with E-state index < -0.39 is 11.8 Å². The first kappa shape index (κ1) is 13.0. The van der Waals surface area contributed by atoms with Crippen molar-refractivity contribution in [1.82, 2.24) is 0 Å². The zero-order valence-electron chi connectivity index (χ0n) is 9.86. The molecule has 0 aliphatic carbocycles. The van der Waals surface area contributed by atoms with Crippen LogP contribution in [0.3, 0.4) is 0 Å². The van der Waals surface area contributed by atoms with Crippen molar-refractivity contribution in [3.8, 4) is 0 Å². The van der Waals surface area contributed by atoms with Gasteiger partial charge in [0.1, 0.15) is 11.6 Å². The van der Waals surface area contributed by atoms with Crippen molar-refractivity contribution >= 4 is 11.7 Å². The average molecular weight is 263 g/mol. The van der Waals surface area contributed by atoms with Crippen molar-refractivity contribution in [1.29, 1.82) is 0 Å². The molecule has 0 saturated carbocycles. The molecular formula is C14H11F2NO2. The summed E-state index contributed by atoms with van der Waals surface area (Å²) in [6.45, 7) is 0.326.